The number of hydrogen-bond acceptors (Lipinski definition) is 4. The molecule has 1 atom stereocenters. The van der Waals surface area contributed by atoms with Gasteiger partial charge < -0.3 is 19.7 Å². The highest BCUT2D eigenvalue weighted by Gasteiger charge is 2.29. The molecule has 1 amide bonds. The van der Waals surface area contributed by atoms with Gasteiger partial charge in [-0.2, -0.15) is 0 Å². The Balaban J connectivity index is 0.00000280. The minimum atomic E-state index is -0.309. The lowest BCUT2D eigenvalue weighted by molar-refractivity contribution is 0.0633. The van der Waals surface area contributed by atoms with Gasteiger partial charge in [-0.3, -0.25) is 4.79 Å². The van der Waals surface area contributed by atoms with Gasteiger partial charge in [-0.15, -0.1) is 12.4 Å². The summed E-state index contributed by atoms with van der Waals surface area (Å²) in [6.45, 7) is 5.78. The van der Waals surface area contributed by atoms with Crippen molar-refractivity contribution in [3.05, 3.63) is 72.1 Å². The Kier molecular flexibility index (Phi) is 7.84. The fraction of sp³-hybridized carbons (Fsp3) is 0.286. The molecule has 5 nitrogen and oxygen atoms in total. The van der Waals surface area contributed by atoms with Gasteiger partial charge in [0.15, 0.2) is 11.5 Å². The van der Waals surface area contributed by atoms with Crippen LogP contribution in [-0.4, -0.2) is 44.2 Å². The summed E-state index contributed by atoms with van der Waals surface area (Å²) < 4.78 is 24.6. The monoisotopic (exact) mass is 406 g/mol. The van der Waals surface area contributed by atoms with Crippen LogP contribution in [-0.2, 0) is 0 Å². The number of rotatable bonds is 6. The maximum atomic E-state index is 13.7. The Morgan fingerprint density at radius 1 is 1.32 bits per heavy atom. The van der Waals surface area contributed by atoms with Crippen molar-refractivity contribution in [2.75, 3.05) is 33.4 Å². The topological polar surface area (TPSA) is 50.8 Å². The molecule has 1 N–H and O–H groups in total. The van der Waals surface area contributed by atoms with E-state index in [0.29, 0.717) is 43.3 Å². The Bertz CT molecular complexity index is 831. The van der Waals surface area contributed by atoms with E-state index in [1.54, 1.807) is 35.2 Å². The number of carbonyl (C=O) groups excluding carboxylic acids is 1. The second kappa shape index (κ2) is 10.1. The molecule has 28 heavy (non-hydrogen) atoms. The zero-order valence-corrected chi connectivity index (χ0v) is 16.5. The number of piperazine rings is 1. The molecule has 3 rings (SSSR count). The summed E-state index contributed by atoms with van der Waals surface area (Å²) in [4.78, 5) is 14.9. The minimum absolute atomic E-state index is 0. The van der Waals surface area contributed by atoms with Crippen LogP contribution in [0.25, 0.3) is 0 Å². The summed E-state index contributed by atoms with van der Waals surface area (Å²) in [5.41, 5.74) is 1.27. The molecule has 1 saturated heterocycles. The quantitative estimate of drug-likeness (QED) is 0.744. The lowest BCUT2D eigenvalue weighted by Gasteiger charge is -2.36. The first kappa shape index (κ1) is 21.7. The molecule has 0 saturated carbocycles. The van der Waals surface area contributed by atoms with Gasteiger partial charge in [0, 0.05) is 25.2 Å². The lowest BCUT2D eigenvalue weighted by Crippen LogP contribution is -2.48. The van der Waals surface area contributed by atoms with E-state index in [4.69, 9.17) is 9.47 Å². The van der Waals surface area contributed by atoms with Gasteiger partial charge in [-0.1, -0.05) is 24.8 Å². The molecule has 0 bridgehead atoms. The van der Waals surface area contributed by atoms with Crippen molar-refractivity contribution in [3.8, 4) is 11.5 Å². The molecular formula is C21H24ClFN2O3. The van der Waals surface area contributed by atoms with Crippen molar-refractivity contribution in [1.82, 2.24) is 10.2 Å². The largest absolute Gasteiger partial charge is 0.493 e. The first-order valence-corrected chi connectivity index (χ1v) is 8.83. The zero-order valence-electron chi connectivity index (χ0n) is 15.7. The second-order valence-electron chi connectivity index (χ2n) is 6.24. The SMILES string of the molecule is C=CCOc1ccc(C(=O)N2CCNCC2c2cccc(F)c2)cc1OC.Cl. The summed E-state index contributed by atoms with van der Waals surface area (Å²) in [5.74, 6) is 0.603. The molecule has 1 aliphatic rings. The summed E-state index contributed by atoms with van der Waals surface area (Å²) in [5, 5.41) is 3.27. The molecule has 1 aliphatic heterocycles. The van der Waals surface area contributed by atoms with Gasteiger partial charge in [0.2, 0.25) is 0 Å². The van der Waals surface area contributed by atoms with E-state index in [1.807, 2.05) is 6.07 Å². The number of ether oxygens (including phenoxy) is 2. The highest BCUT2D eigenvalue weighted by atomic mass is 35.5. The van der Waals surface area contributed by atoms with Crippen molar-refractivity contribution in [2.45, 2.75) is 6.04 Å². The smallest absolute Gasteiger partial charge is 0.254 e. The molecule has 1 heterocycles. The van der Waals surface area contributed by atoms with Crippen LogP contribution in [0.1, 0.15) is 22.0 Å². The number of halogens is 2. The first-order valence-electron chi connectivity index (χ1n) is 8.83. The van der Waals surface area contributed by atoms with Gasteiger partial charge >= 0.3 is 0 Å². The Morgan fingerprint density at radius 3 is 2.86 bits per heavy atom. The van der Waals surface area contributed by atoms with Gasteiger partial charge in [-0.25, -0.2) is 4.39 Å². The lowest BCUT2D eigenvalue weighted by atomic mass is 10.0. The van der Waals surface area contributed by atoms with Crippen molar-refractivity contribution < 1.29 is 18.7 Å². The fourth-order valence-corrected chi connectivity index (χ4v) is 3.19. The Labute approximate surface area is 170 Å². The van der Waals surface area contributed by atoms with Crippen LogP contribution in [0.15, 0.2) is 55.1 Å². The first-order chi connectivity index (χ1) is 13.1. The van der Waals surface area contributed by atoms with Crippen molar-refractivity contribution in [1.29, 1.82) is 0 Å². The Hall–Kier alpha value is -2.57. The van der Waals surface area contributed by atoms with Crippen LogP contribution < -0.4 is 14.8 Å². The van der Waals surface area contributed by atoms with Gasteiger partial charge in [0.25, 0.3) is 5.91 Å². The van der Waals surface area contributed by atoms with Crippen LogP contribution in [0.5, 0.6) is 11.5 Å². The minimum Gasteiger partial charge on any atom is -0.493 e. The van der Waals surface area contributed by atoms with Crippen LogP contribution >= 0.6 is 12.4 Å². The number of nitrogens with one attached hydrogen (secondary N) is 1. The standard InChI is InChI=1S/C21H23FN2O3.ClH/c1-3-11-27-19-8-7-16(13-20(19)26-2)21(25)24-10-9-23-14-18(24)15-5-4-6-17(22)12-15;/h3-8,12-13,18,23H,1,9-11,14H2,2H3;1H. The second-order valence-corrected chi connectivity index (χ2v) is 6.24. The molecule has 1 unspecified atom stereocenters. The molecule has 0 radical (unpaired) electrons. The van der Waals surface area contributed by atoms with Crippen molar-refractivity contribution in [2.24, 2.45) is 0 Å². The van der Waals surface area contributed by atoms with E-state index in [2.05, 4.69) is 11.9 Å². The summed E-state index contributed by atoms with van der Waals surface area (Å²) in [6, 6.07) is 11.3. The summed E-state index contributed by atoms with van der Waals surface area (Å²) in [6.07, 6.45) is 1.64. The molecule has 2 aromatic rings. The molecule has 0 spiro atoms. The predicted molar refractivity (Wildman–Crippen MR) is 109 cm³/mol. The molecule has 0 aliphatic carbocycles. The molecule has 0 aromatic heterocycles. The van der Waals surface area contributed by atoms with Gasteiger partial charge in [0.1, 0.15) is 12.4 Å². The molecule has 150 valence electrons. The number of hydrogen-bond donors (Lipinski definition) is 1. The van der Waals surface area contributed by atoms with E-state index in [0.717, 1.165) is 5.56 Å². The number of benzene rings is 2. The number of carbonyl (C=O) groups is 1. The van der Waals surface area contributed by atoms with E-state index in [1.165, 1.54) is 19.2 Å². The van der Waals surface area contributed by atoms with Gasteiger partial charge in [-0.05, 0) is 35.9 Å². The summed E-state index contributed by atoms with van der Waals surface area (Å²) in [7, 11) is 1.53. The summed E-state index contributed by atoms with van der Waals surface area (Å²) >= 11 is 0. The van der Waals surface area contributed by atoms with Crippen molar-refractivity contribution in [3.63, 3.8) is 0 Å². The average Bonchev–Trinajstić information content (AvgIpc) is 2.71. The highest BCUT2D eigenvalue weighted by molar-refractivity contribution is 5.95. The van der Waals surface area contributed by atoms with E-state index in [-0.39, 0.29) is 30.2 Å². The maximum absolute atomic E-state index is 13.7. The van der Waals surface area contributed by atoms with E-state index < -0.39 is 0 Å². The molecule has 7 heteroatoms. The average molecular weight is 407 g/mol. The van der Waals surface area contributed by atoms with E-state index >= 15 is 0 Å². The molecular weight excluding hydrogens is 383 g/mol. The van der Waals surface area contributed by atoms with Crippen LogP contribution in [0.2, 0.25) is 0 Å². The Morgan fingerprint density at radius 2 is 2.14 bits per heavy atom. The van der Waals surface area contributed by atoms with Gasteiger partial charge in [0.05, 0.1) is 13.2 Å². The van der Waals surface area contributed by atoms with Crippen LogP contribution in [0.3, 0.4) is 0 Å². The highest BCUT2D eigenvalue weighted by Crippen LogP contribution is 2.30. The third-order valence-corrected chi connectivity index (χ3v) is 4.50. The fourth-order valence-electron chi connectivity index (χ4n) is 3.19. The number of nitrogens with zero attached hydrogens (tertiary/aromatic N) is 1. The van der Waals surface area contributed by atoms with E-state index in [9.17, 15) is 9.18 Å². The van der Waals surface area contributed by atoms with Crippen LogP contribution in [0, 0.1) is 5.82 Å². The maximum Gasteiger partial charge on any atom is 0.254 e. The molecule has 2 aromatic carbocycles. The third-order valence-electron chi connectivity index (χ3n) is 4.50. The predicted octanol–water partition coefficient (Wildman–Crippen LogP) is 3.61. The number of amides is 1. The third kappa shape index (κ3) is 4.82. The molecule has 1 fully saturated rings. The normalized spacial score (nSPS) is 16.1. The van der Waals surface area contributed by atoms with Crippen molar-refractivity contribution >= 4 is 18.3 Å². The number of methoxy groups -OCH3 is 1. The zero-order chi connectivity index (χ0) is 19.2. The van der Waals surface area contributed by atoms with Crippen LogP contribution in [0.4, 0.5) is 4.39 Å².